The average molecular weight is 243 g/mol. The molecule has 1 aromatic heterocycles. The fraction of sp³-hybridized carbons (Fsp3) is 0.400. The molecule has 2 aromatic rings. The molecule has 3 nitrogen and oxygen atoms in total. The van der Waals surface area contributed by atoms with E-state index in [2.05, 4.69) is 47.7 Å². The van der Waals surface area contributed by atoms with Crippen LogP contribution in [-0.4, -0.2) is 23.4 Å². The predicted molar refractivity (Wildman–Crippen MR) is 74.8 cm³/mol. The van der Waals surface area contributed by atoms with Crippen LogP contribution >= 0.6 is 0 Å². The molecule has 0 aliphatic rings. The van der Waals surface area contributed by atoms with Crippen molar-refractivity contribution in [1.82, 2.24) is 15.1 Å². The summed E-state index contributed by atoms with van der Waals surface area (Å²) in [5.41, 5.74) is 3.85. The van der Waals surface area contributed by atoms with E-state index in [4.69, 9.17) is 0 Å². The summed E-state index contributed by atoms with van der Waals surface area (Å²) >= 11 is 0. The summed E-state index contributed by atoms with van der Waals surface area (Å²) in [6.07, 6.45) is 2.98. The van der Waals surface area contributed by atoms with Crippen molar-refractivity contribution in [3.63, 3.8) is 0 Å². The van der Waals surface area contributed by atoms with E-state index in [9.17, 15) is 0 Å². The Kier molecular flexibility index (Phi) is 4.15. The predicted octanol–water partition coefficient (Wildman–Crippen LogP) is 2.27. The number of nitrogens with zero attached hydrogens (tertiary/aromatic N) is 2. The second-order valence-electron chi connectivity index (χ2n) is 4.85. The van der Waals surface area contributed by atoms with Gasteiger partial charge in [0.1, 0.15) is 0 Å². The lowest BCUT2D eigenvalue weighted by Gasteiger charge is -2.16. The molecule has 0 radical (unpaired) electrons. The summed E-state index contributed by atoms with van der Waals surface area (Å²) in [6, 6.07) is 10.8. The SMILES string of the molecule is CNCC(Cc1ccn(C)n1)c1cccc(C)c1. The molecule has 0 amide bonds. The van der Waals surface area contributed by atoms with Crippen LogP contribution in [0.5, 0.6) is 0 Å². The van der Waals surface area contributed by atoms with Gasteiger partial charge in [-0.15, -0.1) is 0 Å². The van der Waals surface area contributed by atoms with Crippen molar-refractivity contribution in [3.05, 3.63) is 53.3 Å². The van der Waals surface area contributed by atoms with Gasteiger partial charge < -0.3 is 5.32 Å². The van der Waals surface area contributed by atoms with Crippen LogP contribution in [0, 0.1) is 6.92 Å². The van der Waals surface area contributed by atoms with E-state index in [1.807, 2.05) is 25.0 Å². The van der Waals surface area contributed by atoms with E-state index in [1.165, 1.54) is 11.1 Å². The zero-order valence-corrected chi connectivity index (χ0v) is 11.4. The Morgan fingerprint density at radius 2 is 2.17 bits per heavy atom. The van der Waals surface area contributed by atoms with Crippen molar-refractivity contribution >= 4 is 0 Å². The number of rotatable bonds is 5. The van der Waals surface area contributed by atoms with Crippen LogP contribution < -0.4 is 5.32 Å². The first-order valence-corrected chi connectivity index (χ1v) is 6.38. The number of hydrogen-bond donors (Lipinski definition) is 1. The Labute approximate surface area is 109 Å². The Balaban J connectivity index is 2.17. The van der Waals surface area contributed by atoms with E-state index >= 15 is 0 Å². The molecule has 1 unspecified atom stereocenters. The second kappa shape index (κ2) is 5.83. The van der Waals surface area contributed by atoms with Gasteiger partial charge in [-0.3, -0.25) is 4.68 Å². The minimum atomic E-state index is 0.477. The zero-order chi connectivity index (χ0) is 13.0. The fourth-order valence-corrected chi connectivity index (χ4v) is 2.30. The number of aromatic nitrogens is 2. The van der Waals surface area contributed by atoms with Gasteiger partial charge in [-0.25, -0.2) is 0 Å². The lowest BCUT2D eigenvalue weighted by Crippen LogP contribution is -2.19. The highest BCUT2D eigenvalue weighted by Crippen LogP contribution is 2.20. The summed E-state index contributed by atoms with van der Waals surface area (Å²) in [5.74, 6) is 0.477. The normalized spacial score (nSPS) is 12.6. The smallest absolute Gasteiger partial charge is 0.0631 e. The van der Waals surface area contributed by atoms with E-state index in [-0.39, 0.29) is 0 Å². The lowest BCUT2D eigenvalue weighted by atomic mass is 9.93. The van der Waals surface area contributed by atoms with E-state index in [0.717, 1.165) is 18.7 Å². The molecule has 1 N–H and O–H groups in total. The second-order valence-corrected chi connectivity index (χ2v) is 4.85. The van der Waals surface area contributed by atoms with Gasteiger partial charge in [0, 0.05) is 25.7 Å². The molecule has 0 aliphatic carbocycles. The monoisotopic (exact) mass is 243 g/mol. The first-order valence-electron chi connectivity index (χ1n) is 6.38. The molecule has 1 aromatic carbocycles. The number of likely N-dealkylation sites (N-methyl/N-ethyl adjacent to an activating group) is 1. The van der Waals surface area contributed by atoms with Crippen molar-refractivity contribution in [1.29, 1.82) is 0 Å². The fourth-order valence-electron chi connectivity index (χ4n) is 2.30. The van der Waals surface area contributed by atoms with E-state index in [0.29, 0.717) is 5.92 Å². The highest BCUT2D eigenvalue weighted by atomic mass is 15.2. The lowest BCUT2D eigenvalue weighted by molar-refractivity contribution is 0.609. The van der Waals surface area contributed by atoms with Gasteiger partial charge in [0.15, 0.2) is 0 Å². The highest BCUT2D eigenvalue weighted by molar-refractivity contribution is 5.27. The van der Waals surface area contributed by atoms with Crippen molar-refractivity contribution in [2.75, 3.05) is 13.6 Å². The minimum absolute atomic E-state index is 0.477. The van der Waals surface area contributed by atoms with Crippen molar-refractivity contribution in [2.45, 2.75) is 19.3 Å². The Morgan fingerprint density at radius 3 is 2.78 bits per heavy atom. The highest BCUT2D eigenvalue weighted by Gasteiger charge is 2.13. The van der Waals surface area contributed by atoms with Gasteiger partial charge in [-0.2, -0.15) is 5.10 Å². The standard InChI is InChI=1S/C15H21N3/c1-12-5-4-6-13(9-12)14(11-16-2)10-15-7-8-18(3)17-15/h4-9,14,16H,10-11H2,1-3H3. The van der Waals surface area contributed by atoms with Crippen LogP contribution in [0.1, 0.15) is 22.7 Å². The molecule has 1 heterocycles. The molecule has 1 atom stereocenters. The number of aryl methyl sites for hydroxylation is 2. The van der Waals surface area contributed by atoms with Crippen LogP contribution in [0.25, 0.3) is 0 Å². The van der Waals surface area contributed by atoms with Gasteiger partial charge in [-0.05, 0) is 32.0 Å². The maximum absolute atomic E-state index is 4.47. The minimum Gasteiger partial charge on any atom is -0.319 e. The molecule has 0 aliphatic heterocycles. The number of benzene rings is 1. The quantitative estimate of drug-likeness (QED) is 0.873. The third kappa shape index (κ3) is 3.20. The van der Waals surface area contributed by atoms with Gasteiger partial charge in [0.25, 0.3) is 0 Å². The molecule has 0 fully saturated rings. The van der Waals surface area contributed by atoms with Gasteiger partial charge in [-0.1, -0.05) is 29.8 Å². The number of nitrogens with one attached hydrogen (secondary N) is 1. The molecule has 18 heavy (non-hydrogen) atoms. The third-order valence-electron chi connectivity index (χ3n) is 3.19. The third-order valence-corrected chi connectivity index (χ3v) is 3.19. The summed E-state index contributed by atoms with van der Waals surface area (Å²) in [5, 5.41) is 7.75. The van der Waals surface area contributed by atoms with E-state index in [1.54, 1.807) is 0 Å². The Morgan fingerprint density at radius 1 is 1.33 bits per heavy atom. The molecule has 0 bridgehead atoms. The van der Waals surface area contributed by atoms with Crippen LogP contribution in [0.15, 0.2) is 36.5 Å². The van der Waals surface area contributed by atoms with Gasteiger partial charge in [0.05, 0.1) is 5.69 Å². The summed E-state index contributed by atoms with van der Waals surface area (Å²) in [6.45, 7) is 3.11. The Hall–Kier alpha value is -1.61. The van der Waals surface area contributed by atoms with Gasteiger partial charge in [0.2, 0.25) is 0 Å². The van der Waals surface area contributed by atoms with Crippen molar-refractivity contribution in [3.8, 4) is 0 Å². The van der Waals surface area contributed by atoms with Crippen LogP contribution in [0.4, 0.5) is 0 Å². The topological polar surface area (TPSA) is 29.9 Å². The van der Waals surface area contributed by atoms with Crippen LogP contribution in [-0.2, 0) is 13.5 Å². The maximum Gasteiger partial charge on any atom is 0.0631 e. The molecule has 0 spiro atoms. The first kappa shape index (κ1) is 12.8. The molecular formula is C15H21N3. The molecular weight excluding hydrogens is 222 g/mol. The maximum atomic E-state index is 4.47. The zero-order valence-electron chi connectivity index (χ0n) is 11.4. The molecule has 3 heteroatoms. The summed E-state index contributed by atoms with van der Waals surface area (Å²) < 4.78 is 1.86. The largest absolute Gasteiger partial charge is 0.319 e. The summed E-state index contributed by atoms with van der Waals surface area (Å²) in [7, 11) is 3.96. The van der Waals surface area contributed by atoms with E-state index < -0.39 is 0 Å². The number of hydrogen-bond acceptors (Lipinski definition) is 2. The molecule has 0 saturated carbocycles. The Bertz CT molecular complexity index is 502. The summed E-state index contributed by atoms with van der Waals surface area (Å²) in [4.78, 5) is 0. The molecule has 0 saturated heterocycles. The van der Waals surface area contributed by atoms with Crippen molar-refractivity contribution in [2.24, 2.45) is 7.05 Å². The van der Waals surface area contributed by atoms with Crippen LogP contribution in [0.2, 0.25) is 0 Å². The first-order chi connectivity index (χ1) is 8.69. The van der Waals surface area contributed by atoms with Crippen molar-refractivity contribution < 1.29 is 0 Å². The van der Waals surface area contributed by atoms with Gasteiger partial charge >= 0.3 is 0 Å². The molecule has 2 rings (SSSR count). The average Bonchev–Trinajstić information content (AvgIpc) is 2.74. The molecule has 96 valence electrons. The van der Waals surface area contributed by atoms with Crippen LogP contribution in [0.3, 0.4) is 0 Å².